The molecular formula is C25H34N2O6. The summed E-state index contributed by atoms with van der Waals surface area (Å²) in [4.78, 5) is 20.7. The van der Waals surface area contributed by atoms with Crippen LogP contribution in [0.3, 0.4) is 0 Å². The average molecular weight is 459 g/mol. The van der Waals surface area contributed by atoms with Crippen molar-refractivity contribution in [3.63, 3.8) is 0 Å². The van der Waals surface area contributed by atoms with E-state index in [-0.39, 0.29) is 12.4 Å². The van der Waals surface area contributed by atoms with Crippen molar-refractivity contribution >= 4 is 11.8 Å². The molecule has 1 heterocycles. The number of hydrogen-bond donors (Lipinski definition) is 1. The summed E-state index contributed by atoms with van der Waals surface area (Å²) in [5, 5.41) is 11.6. The lowest BCUT2D eigenvalue weighted by Gasteiger charge is -2.03. The number of aliphatic carboxylic acids is 1. The number of carbonyl (C=O) groups is 2. The van der Waals surface area contributed by atoms with Crippen LogP contribution in [0.25, 0.3) is 11.3 Å². The maximum Gasteiger partial charge on any atom is 0.300 e. The number of carbonyl (C=O) groups excluding carboxylic acids is 1. The molecule has 0 spiro atoms. The number of ether oxygens (including phenoxy) is 3. The molecule has 1 aromatic heterocycles. The molecule has 8 nitrogen and oxygen atoms in total. The number of aryl methyl sites for hydroxylation is 1. The molecular weight excluding hydrogens is 424 g/mol. The van der Waals surface area contributed by atoms with Crippen LogP contribution in [0.4, 0.5) is 0 Å². The highest BCUT2D eigenvalue weighted by Crippen LogP contribution is 2.22. The van der Waals surface area contributed by atoms with Crippen LogP contribution in [-0.4, -0.2) is 54.6 Å². The van der Waals surface area contributed by atoms with E-state index < -0.39 is 5.97 Å². The Balaban J connectivity index is 0.000000603. The van der Waals surface area contributed by atoms with Crippen LogP contribution in [0.15, 0.2) is 60.7 Å². The van der Waals surface area contributed by atoms with Crippen molar-refractivity contribution in [2.45, 2.75) is 20.8 Å². The Morgan fingerprint density at radius 2 is 1.39 bits per heavy atom. The molecule has 3 rings (SSSR count). The summed E-state index contributed by atoms with van der Waals surface area (Å²) >= 11 is 0. The molecule has 0 saturated carbocycles. The first kappa shape index (κ1) is 29.4. The van der Waals surface area contributed by atoms with Gasteiger partial charge in [0.1, 0.15) is 23.8 Å². The maximum atomic E-state index is 11.7. The Bertz CT molecular complexity index is 933. The minimum atomic E-state index is -0.833. The summed E-state index contributed by atoms with van der Waals surface area (Å²) in [6, 6.07) is 19.1. The van der Waals surface area contributed by atoms with Crippen LogP contribution in [0.5, 0.6) is 11.5 Å². The lowest BCUT2D eigenvalue weighted by Crippen LogP contribution is -2.08. The van der Waals surface area contributed by atoms with Gasteiger partial charge in [0.2, 0.25) is 5.78 Å². The van der Waals surface area contributed by atoms with Crippen molar-refractivity contribution in [3.8, 4) is 22.8 Å². The van der Waals surface area contributed by atoms with Crippen LogP contribution < -0.4 is 9.47 Å². The number of benzene rings is 2. The molecule has 0 fully saturated rings. The predicted octanol–water partition coefficient (Wildman–Crippen LogP) is 4.74. The molecule has 0 atom stereocenters. The number of carboxylic acid groups (broad SMARTS) is 1. The van der Waals surface area contributed by atoms with Gasteiger partial charge in [0.05, 0.1) is 19.9 Å². The third-order valence-electron chi connectivity index (χ3n) is 3.81. The van der Waals surface area contributed by atoms with Crippen molar-refractivity contribution in [2.75, 3.05) is 27.9 Å². The number of aromatic nitrogens is 2. The fraction of sp³-hybridized carbons (Fsp3) is 0.320. The van der Waals surface area contributed by atoms with Gasteiger partial charge in [0.25, 0.3) is 5.97 Å². The van der Waals surface area contributed by atoms with Gasteiger partial charge in [-0.15, -0.1) is 0 Å². The van der Waals surface area contributed by atoms with Crippen LogP contribution in [-0.2, 0) is 16.6 Å². The van der Waals surface area contributed by atoms with Crippen molar-refractivity contribution in [2.24, 2.45) is 7.05 Å². The average Bonchev–Trinajstić information content (AvgIpc) is 3.23. The van der Waals surface area contributed by atoms with Gasteiger partial charge >= 0.3 is 0 Å². The second-order valence-corrected chi connectivity index (χ2v) is 6.16. The minimum absolute atomic E-state index is 0.0407. The van der Waals surface area contributed by atoms with Gasteiger partial charge in [-0.05, 0) is 42.5 Å². The molecule has 0 bridgehead atoms. The monoisotopic (exact) mass is 458 g/mol. The zero-order chi connectivity index (χ0) is 25.2. The first-order chi connectivity index (χ1) is 15.8. The third kappa shape index (κ3) is 11.5. The van der Waals surface area contributed by atoms with E-state index in [1.807, 2.05) is 75.5 Å². The molecule has 0 aliphatic carbocycles. The topological polar surface area (TPSA) is 99.9 Å². The van der Waals surface area contributed by atoms with E-state index in [9.17, 15) is 4.79 Å². The molecule has 1 N–H and O–H groups in total. The predicted molar refractivity (Wildman–Crippen MR) is 129 cm³/mol. The van der Waals surface area contributed by atoms with E-state index in [2.05, 4.69) is 5.10 Å². The largest absolute Gasteiger partial charge is 0.497 e. The van der Waals surface area contributed by atoms with Crippen LogP contribution >= 0.6 is 0 Å². The summed E-state index contributed by atoms with van der Waals surface area (Å²) in [6.07, 6.45) is 0. The smallest absolute Gasteiger partial charge is 0.300 e. The summed E-state index contributed by atoms with van der Waals surface area (Å²) in [6.45, 7) is 5.12. The lowest BCUT2D eigenvalue weighted by atomic mass is 10.1. The van der Waals surface area contributed by atoms with Gasteiger partial charge in [-0.2, -0.15) is 5.10 Å². The van der Waals surface area contributed by atoms with Crippen LogP contribution in [0.1, 0.15) is 31.3 Å². The summed E-state index contributed by atoms with van der Waals surface area (Å²) in [7, 11) is 6.59. The molecule has 0 saturated heterocycles. The molecule has 0 amide bonds. The highest BCUT2D eigenvalue weighted by molar-refractivity contribution is 5.96. The molecule has 180 valence electrons. The van der Waals surface area contributed by atoms with E-state index in [0.29, 0.717) is 5.69 Å². The standard InChI is InChI=1S/C14H16N2O3.C7H8O.C2H4O2.C2H6/c1-16-13(8-12(15-16)14(17)9-18-2)10-4-6-11(19-3)7-5-10;1-8-7-5-3-2-4-6-7;1-2(3)4;1-2/h4-8H,9H2,1-3H3;2-6H,1H3;1H3,(H,3,4);1-2H3. The van der Waals surface area contributed by atoms with Crippen molar-refractivity contribution in [3.05, 3.63) is 66.4 Å². The maximum absolute atomic E-state index is 11.7. The van der Waals surface area contributed by atoms with Gasteiger partial charge in [0, 0.05) is 26.6 Å². The Morgan fingerprint density at radius 3 is 1.82 bits per heavy atom. The Hall–Kier alpha value is -3.65. The van der Waals surface area contributed by atoms with Gasteiger partial charge in [-0.1, -0.05) is 32.0 Å². The number of carboxylic acids is 1. The Kier molecular flexibility index (Phi) is 15.1. The first-order valence-corrected chi connectivity index (χ1v) is 10.3. The second-order valence-electron chi connectivity index (χ2n) is 6.16. The SMILES string of the molecule is CC.CC(=O)O.COCC(=O)c1cc(-c2ccc(OC)cc2)n(C)n1.COc1ccccc1. The zero-order valence-corrected chi connectivity index (χ0v) is 20.4. The highest BCUT2D eigenvalue weighted by Gasteiger charge is 2.13. The molecule has 0 unspecified atom stereocenters. The fourth-order valence-electron chi connectivity index (χ4n) is 2.40. The molecule has 0 radical (unpaired) electrons. The van der Waals surface area contributed by atoms with E-state index >= 15 is 0 Å². The lowest BCUT2D eigenvalue weighted by molar-refractivity contribution is -0.134. The van der Waals surface area contributed by atoms with E-state index in [1.165, 1.54) is 7.11 Å². The molecule has 2 aromatic carbocycles. The quantitative estimate of drug-likeness (QED) is 0.533. The van der Waals surface area contributed by atoms with Crippen LogP contribution in [0.2, 0.25) is 0 Å². The van der Waals surface area contributed by atoms with Gasteiger partial charge in [0.15, 0.2) is 0 Å². The van der Waals surface area contributed by atoms with E-state index in [1.54, 1.807) is 25.0 Å². The molecule has 8 heteroatoms. The van der Waals surface area contributed by atoms with Crippen molar-refractivity contribution in [1.29, 1.82) is 0 Å². The number of para-hydroxylation sites is 1. The molecule has 3 aromatic rings. The normalized spacial score (nSPS) is 9.06. The van der Waals surface area contributed by atoms with Gasteiger partial charge < -0.3 is 19.3 Å². The summed E-state index contributed by atoms with van der Waals surface area (Å²) in [5.41, 5.74) is 2.27. The molecule has 33 heavy (non-hydrogen) atoms. The third-order valence-corrected chi connectivity index (χ3v) is 3.81. The summed E-state index contributed by atoms with van der Waals surface area (Å²) in [5.74, 6) is 0.743. The fourth-order valence-corrected chi connectivity index (χ4v) is 2.40. The second kappa shape index (κ2) is 17.0. The number of rotatable bonds is 6. The van der Waals surface area contributed by atoms with E-state index in [0.717, 1.165) is 29.7 Å². The van der Waals surface area contributed by atoms with E-state index in [4.69, 9.17) is 24.1 Å². The molecule has 0 aliphatic rings. The number of hydrogen-bond acceptors (Lipinski definition) is 6. The Labute approximate surface area is 195 Å². The molecule has 0 aliphatic heterocycles. The first-order valence-electron chi connectivity index (χ1n) is 10.3. The number of methoxy groups -OCH3 is 3. The van der Waals surface area contributed by atoms with Crippen molar-refractivity contribution in [1.82, 2.24) is 9.78 Å². The minimum Gasteiger partial charge on any atom is -0.497 e. The Morgan fingerprint density at radius 1 is 0.909 bits per heavy atom. The van der Waals surface area contributed by atoms with Gasteiger partial charge in [-0.3, -0.25) is 14.3 Å². The highest BCUT2D eigenvalue weighted by atomic mass is 16.5. The zero-order valence-electron chi connectivity index (χ0n) is 20.4. The van der Waals surface area contributed by atoms with Crippen molar-refractivity contribution < 1.29 is 28.9 Å². The summed E-state index contributed by atoms with van der Waals surface area (Å²) < 4.78 is 16.5. The number of nitrogens with zero attached hydrogens (tertiary/aromatic N) is 2. The van der Waals surface area contributed by atoms with Gasteiger partial charge in [-0.25, -0.2) is 0 Å². The number of Topliss-reactive ketones (excluding diaryl/α,β-unsaturated/α-hetero) is 1. The van der Waals surface area contributed by atoms with Crippen LogP contribution in [0, 0.1) is 0 Å². The number of ketones is 1.